The van der Waals surface area contributed by atoms with Crippen LogP contribution < -0.4 is 0 Å². The topological polar surface area (TPSA) is 84.6 Å². The number of hydrogen-bond donors (Lipinski definition) is 1. The van der Waals surface area contributed by atoms with E-state index in [-0.39, 0.29) is 31.5 Å². The fourth-order valence-corrected chi connectivity index (χ4v) is 1.83. The minimum absolute atomic E-state index is 0.0365. The fraction of sp³-hybridized carbons (Fsp3) is 0.786. The first-order valence-corrected chi connectivity index (χ1v) is 6.78. The number of aliphatic carboxylic acids is 1. The van der Waals surface area contributed by atoms with Crippen molar-refractivity contribution in [3.63, 3.8) is 0 Å². The fourth-order valence-electron chi connectivity index (χ4n) is 1.83. The summed E-state index contributed by atoms with van der Waals surface area (Å²) in [5.41, 5.74) is -0.466. The van der Waals surface area contributed by atoms with Crippen LogP contribution in [-0.2, 0) is 4.79 Å². The van der Waals surface area contributed by atoms with Gasteiger partial charge < -0.3 is 14.9 Å². The summed E-state index contributed by atoms with van der Waals surface area (Å²) in [6, 6.07) is 1.77. The molecule has 1 N–H and O–H groups in total. The molecule has 6 nitrogen and oxygen atoms in total. The first-order chi connectivity index (χ1) is 9.11. The average molecular weight is 283 g/mol. The van der Waals surface area contributed by atoms with E-state index in [0.717, 1.165) is 0 Å². The molecule has 0 atom stereocenters. The van der Waals surface area contributed by atoms with E-state index in [2.05, 4.69) is 0 Å². The molecule has 2 amide bonds. The number of nitriles is 1. The third kappa shape index (κ3) is 5.91. The Balaban J connectivity index is 5.07. The Hall–Kier alpha value is -1.77. The van der Waals surface area contributed by atoms with Gasteiger partial charge in [-0.2, -0.15) is 5.26 Å². The molecule has 0 rings (SSSR count). The maximum absolute atomic E-state index is 12.6. The highest BCUT2D eigenvalue weighted by atomic mass is 16.4. The summed E-state index contributed by atoms with van der Waals surface area (Å²) in [4.78, 5) is 26.5. The van der Waals surface area contributed by atoms with Crippen molar-refractivity contribution in [2.24, 2.45) is 0 Å². The van der Waals surface area contributed by atoms with Crippen LogP contribution in [0.1, 0.15) is 47.5 Å². The molecule has 20 heavy (non-hydrogen) atoms. The van der Waals surface area contributed by atoms with E-state index in [1.165, 1.54) is 0 Å². The lowest BCUT2D eigenvalue weighted by atomic mass is 10.1. The highest BCUT2D eigenvalue weighted by Crippen LogP contribution is 2.18. The van der Waals surface area contributed by atoms with E-state index in [9.17, 15) is 9.59 Å². The van der Waals surface area contributed by atoms with Crippen LogP contribution in [0.4, 0.5) is 4.79 Å². The molecule has 0 aromatic carbocycles. The van der Waals surface area contributed by atoms with Crippen molar-refractivity contribution in [1.29, 1.82) is 5.26 Å². The molecule has 0 radical (unpaired) electrons. The Kier molecular flexibility index (Phi) is 7.05. The van der Waals surface area contributed by atoms with Crippen molar-refractivity contribution in [3.05, 3.63) is 0 Å². The van der Waals surface area contributed by atoms with Gasteiger partial charge in [-0.3, -0.25) is 4.79 Å². The summed E-state index contributed by atoms with van der Waals surface area (Å²) in [5.74, 6) is -0.930. The van der Waals surface area contributed by atoms with Crippen molar-refractivity contribution in [2.45, 2.75) is 59.0 Å². The van der Waals surface area contributed by atoms with Crippen molar-refractivity contribution < 1.29 is 14.7 Å². The molecule has 0 spiro atoms. The number of nitrogens with zero attached hydrogens (tertiary/aromatic N) is 3. The van der Waals surface area contributed by atoms with Gasteiger partial charge in [0.05, 0.1) is 18.9 Å². The van der Waals surface area contributed by atoms with Crippen molar-refractivity contribution >= 4 is 12.0 Å². The average Bonchev–Trinajstić information content (AvgIpc) is 2.26. The molecule has 0 aromatic heterocycles. The maximum atomic E-state index is 12.6. The first-order valence-electron chi connectivity index (χ1n) is 6.78. The lowest BCUT2D eigenvalue weighted by Crippen LogP contribution is -2.54. The third-order valence-corrected chi connectivity index (χ3v) is 2.92. The van der Waals surface area contributed by atoms with Crippen molar-refractivity contribution in [3.8, 4) is 6.07 Å². The number of carboxylic acids is 1. The SMILES string of the molecule is CC(C)N(CCC#N)C(=O)N(CCC(=O)O)C(C)(C)C. The van der Waals surface area contributed by atoms with E-state index >= 15 is 0 Å². The Labute approximate surface area is 121 Å². The van der Waals surface area contributed by atoms with Gasteiger partial charge in [0, 0.05) is 24.7 Å². The van der Waals surface area contributed by atoms with E-state index in [4.69, 9.17) is 10.4 Å². The van der Waals surface area contributed by atoms with Gasteiger partial charge in [0.15, 0.2) is 0 Å². The van der Waals surface area contributed by atoms with Crippen LogP contribution in [0.2, 0.25) is 0 Å². The molecule has 0 saturated heterocycles. The Morgan fingerprint density at radius 3 is 2.15 bits per heavy atom. The van der Waals surface area contributed by atoms with Crippen LogP contribution in [0.25, 0.3) is 0 Å². The van der Waals surface area contributed by atoms with Gasteiger partial charge in [-0.25, -0.2) is 4.79 Å². The van der Waals surface area contributed by atoms with Crippen LogP contribution in [-0.4, -0.2) is 51.6 Å². The Morgan fingerprint density at radius 1 is 1.25 bits per heavy atom. The lowest BCUT2D eigenvalue weighted by molar-refractivity contribution is -0.137. The van der Waals surface area contributed by atoms with Gasteiger partial charge in [0.2, 0.25) is 0 Å². The lowest BCUT2D eigenvalue weighted by Gasteiger charge is -2.40. The van der Waals surface area contributed by atoms with E-state index in [1.54, 1.807) is 9.80 Å². The Bertz CT molecular complexity index is 380. The summed E-state index contributed by atoms with van der Waals surface area (Å²) in [5, 5.41) is 17.5. The largest absolute Gasteiger partial charge is 0.481 e. The zero-order valence-electron chi connectivity index (χ0n) is 13.0. The van der Waals surface area contributed by atoms with Crippen LogP contribution >= 0.6 is 0 Å². The minimum atomic E-state index is -0.930. The van der Waals surface area contributed by atoms with Gasteiger partial charge in [-0.1, -0.05) is 0 Å². The second-order valence-corrected chi connectivity index (χ2v) is 5.94. The molecule has 0 heterocycles. The van der Waals surface area contributed by atoms with Gasteiger partial charge in [-0.05, 0) is 34.6 Å². The molecule has 0 aliphatic heterocycles. The zero-order chi connectivity index (χ0) is 15.9. The molecular formula is C14H25N3O3. The number of amides is 2. The van der Waals surface area contributed by atoms with Crippen LogP contribution in [0, 0.1) is 11.3 Å². The highest BCUT2D eigenvalue weighted by molar-refractivity contribution is 5.76. The van der Waals surface area contributed by atoms with E-state index < -0.39 is 11.5 Å². The number of carbonyl (C=O) groups is 2. The minimum Gasteiger partial charge on any atom is -0.481 e. The quantitative estimate of drug-likeness (QED) is 0.810. The number of carbonyl (C=O) groups excluding carboxylic acids is 1. The molecular weight excluding hydrogens is 258 g/mol. The van der Waals surface area contributed by atoms with Gasteiger partial charge >= 0.3 is 12.0 Å². The predicted octanol–water partition coefficient (Wildman–Crippen LogP) is 2.31. The number of rotatable bonds is 6. The maximum Gasteiger partial charge on any atom is 0.320 e. The van der Waals surface area contributed by atoms with Crippen LogP contribution in [0.15, 0.2) is 0 Å². The number of carboxylic acid groups (broad SMARTS) is 1. The van der Waals surface area contributed by atoms with E-state index in [0.29, 0.717) is 6.54 Å². The zero-order valence-corrected chi connectivity index (χ0v) is 13.0. The van der Waals surface area contributed by atoms with Crippen LogP contribution in [0.3, 0.4) is 0 Å². The number of urea groups is 1. The molecule has 114 valence electrons. The summed E-state index contributed by atoms with van der Waals surface area (Å²) in [6.07, 6.45) is 0.175. The summed E-state index contributed by atoms with van der Waals surface area (Å²) in [6.45, 7) is 9.89. The summed E-state index contributed by atoms with van der Waals surface area (Å²) in [7, 11) is 0. The normalized spacial score (nSPS) is 11.1. The van der Waals surface area contributed by atoms with Crippen molar-refractivity contribution in [2.75, 3.05) is 13.1 Å². The summed E-state index contributed by atoms with van der Waals surface area (Å²) < 4.78 is 0. The van der Waals surface area contributed by atoms with Gasteiger partial charge in [0.25, 0.3) is 0 Å². The van der Waals surface area contributed by atoms with Crippen molar-refractivity contribution in [1.82, 2.24) is 9.80 Å². The molecule has 0 aromatic rings. The van der Waals surface area contributed by atoms with Crippen LogP contribution in [0.5, 0.6) is 0 Å². The highest BCUT2D eigenvalue weighted by Gasteiger charge is 2.31. The predicted molar refractivity (Wildman–Crippen MR) is 76.2 cm³/mol. The molecule has 0 fully saturated rings. The number of hydrogen-bond acceptors (Lipinski definition) is 3. The van der Waals surface area contributed by atoms with Gasteiger partial charge in [0.1, 0.15) is 0 Å². The molecule has 0 aliphatic rings. The monoisotopic (exact) mass is 283 g/mol. The summed E-state index contributed by atoms with van der Waals surface area (Å²) >= 11 is 0. The molecule has 6 heteroatoms. The Morgan fingerprint density at radius 2 is 1.80 bits per heavy atom. The first kappa shape index (κ1) is 18.2. The molecule has 0 unspecified atom stereocenters. The third-order valence-electron chi connectivity index (χ3n) is 2.92. The second-order valence-electron chi connectivity index (χ2n) is 5.94. The standard InChI is InChI=1S/C14H25N3O3/c1-11(2)16(9-6-8-15)13(20)17(14(3,4)5)10-7-12(18)19/h11H,6-7,9-10H2,1-5H3,(H,18,19). The smallest absolute Gasteiger partial charge is 0.320 e. The molecule has 0 saturated carbocycles. The molecule has 0 aliphatic carbocycles. The van der Waals surface area contributed by atoms with Gasteiger partial charge in [-0.15, -0.1) is 0 Å². The van der Waals surface area contributed by atoms with E-state index in [1.807, 2.05) is 40.7 Å². The molecule has 0 bridgehead atoms. The second kappa shape index (κ2) is 7.73.